The van der Waals surface area contributed by atoms with E-state index in [1.165, 1.54) is 0 Å². The molecule has 1 N–H and O–H groups in total. The van der Waals surface area contributed by atoms with Gasteiger partial charge in [0.25, 0.3) is 5.91 Å². The average Bonchev–Trinajstić information content (AvgIpc) is 2.66. The molecule has 0 spiro atoms. The summed E-state index contributed by atoms with van der Waals surface area (Å²) in [6, 6.07) is 16.0. The molecule has 0 aromatic heterocycles. The fraction of sp³-hybridized carbons (Fsp3) is 0.391. The van der Waals surface area contributed by atoms with Crippen molar-refractivity contribution in [1.82, 2.24) is 10.2 Å². The Labute approximate surface area is 178 Å². The molecule has 0 aliphatic carbocycles. The Balaban J connectivity index is 2.21. The smallest absolute Gasteiger partial charge is 0.261 e. The molecule has 0 fully saturated rings. The van der Waals surface area contributed by atoms with Crippen molar-refractivity contribution < 1.29 is 14.3 Å². The van der Waals surface area contributed by atoms with Crippen LogP contribution in [0.2, 0.25) is 5.02 Å². The molecule has 156 valence electrons. The van der Waals surface area contributed by atoms with E-state index in [1.807, 2.05) is 58.0 Å². The summed E-state index contributed by atoms with van der Waals surface area (Å²) in [5, 5.41) is 3.42. The highest BCUT2D eigenvalue weighted by molar-refractivity contribution is 6.32. The van der Waals surface area contributed by atoms with Crippen molar-refractivity contribution in [3.05, 3.63) is 65.2 Å². The van der Waals surface area contributed by atoms with Crippen LogP contribution in [0.3, 0.4) is 0 Å². The highest BCUT2D eigenvalue weighted by Gasteiger charge is 2.30. The Kier molecular flexibility index (Phi) is 8.09. The third-order valence-corrected chi connectivity index (χ3v) is 4.58. The second-order valence-electron chi connectivity index (χ2n) is 7.89. The van der Waals surface area contributed by atoms with Crippen molar-refractivity contribution in [2.75, 3.05) is 6.61 Å². The maximum absolute atomic E-state index is 13.1. The van der Waals surface area contributed by atoms with Crippen LogP contribution in [0.5, 0.6) is 5.75 Å². The molecule has 0 radical (unpaired) electrons. The van der Waals surface area contributed by atoms with E-state index in [2.05, 4.69) is 5.32 Å². The molecule has 0 bridgehead atoms. The first-order valence-corrected chi connectivity index (χ1v) is 10.1. The fourth-order valence-corrected chi connectivity index (χ4v) is 3.13. The molecule has 5 nitrogen and oxygen atoms in total. The van der Waals surface area contributed by atoms with Crippen LogP contribution in [0.4, 0.5) is 0 Å². The van der Waals surface area contributed by atoms with Gasteiger partial charge >= 0.3 is 0 Å². The van der Waals surface area contributed by atoms with Gasteiger partial charge in [0.05, 0.1) is 5.02 Å². The van der Waals surface area contributed by atoms with Crippen molar-refractivity contribution in [2.24, 2.45) is 0 Å². The predicted octanol–water partition coefficient (Wildman–Crippen LogP) is 4.44. The standard InChI is InChI=1S/C23H29ClN2O3/c1-5-19(22(28)25-23(2,3)4)26(15-17-11-7-6-8-12-17)21(27)16-29-20-14-10-9-13-18(20)24/h6-14,19H,5,15-16H2,1-4H3,(H,25,28)/t19-/m1/s1. The van der Waals surface area contributed by atoms with Gasteiger partial charge in [0, 0.05) is 12.1 Å². The number of amides is 2. The SMILES string of the molecule is CC[C@H](C(=O)NC(C)(C)C)N(Cc1ccccc1)C(=O)COc1ccccc1Cl. The number of para-hydroxylation sites is 1. The van der Waals surface area contributed by atoms with Gasteiger partial charge in [-0.3, -0.25) is 9.59 Å². The molecule has 29 heavy (non-hydrogen) atoms. The number of carbonyl (C=O) groups excluding carboxylic acids is 2. The van der Waals surface area contributed by atoms with E-state index < -0.39 is 6.04 Å². The van der Waals surface area contributed by atoms with Crippen LogP contribution in [0.25, 0.3) is 0 Å². The molecule has 2 aromatic carbocycles. The summed E-state index contributed by atoms with van der Waals surface area (Å²) >= 11 is 6.12. The Morgan fingerprint density at radius 2 is 1.69 bits per heavy atom. The Hall–Kier alpha value is -2.53. The van der Waals surface area contributed by atoms with Crippen LogP contribution >= 0.6 is 11.6 Å². The second-order valence-corrected chi connectivity index (χ2v) is 8.30. The van der Waals surface area contributed by atoms with E-state index in [-0.39, 0.29) is 24.0 Å². The van der Waals surface area contributed by atoms with Crippen LogP contribution in [-0.2, 0) is 16.1 Å². The molecule has 2 aromatic rings. The number of hydrogen-bond donors (Lipinski definition) is 1. The van der Waals surface area contributed by atoms with E-state index in [0.29, 0.717) is 23.7 Å². The molecule has 1 atom stereocenters. The molecule has 0 saturated heterocycles. The summed E-state index contributed by atoms with van der Waals surface area (Å²) in [5.74, 6) is -0.0129. The fourth-order valence-electron chi connectivity index (χ4n) is 2.94. The number of halogens is 1. The van der Waals surface area contributed by atoms with Crippen LogP contribution in [0.15, 0.2) is 54.6 Å². The lowest BCUT2D eigenvalue weighted by molar-refractivity contribution is -0.143. The first-order valence-electron chi connectivity index (χ1n) is 9.74. The van der Waals surface area contributed by atoms with Crippen molar-refractivity contribution in [3.63, 3.8) is 0 Å². The molecule has 0 saturated carbocycles. The third-order valence-electron chi connectivity index (χ3n) is 4.27. The van der Waals surface area contributed by atoms with Crippen molar-refractivity contribution >= 4 is 23.4 Å². The lowest BCUT2D eigenvalue weighted by atomic mass is 10.1. The number of ether oxygens (including phenoxy) is 1. The number of nitrogens with one attached hydrogen (secondary N) is 1. The third kappa shape index (κ3) is 7.09. The number of rotatable bonds is 8. The lowest BCUT2D eigenvalue weighted by Crippen LogP contribution is -2.54. The molecular weight excluding hydrogens is 388 g/mol. The number of benzene rings is 2. The summed E-state index contributed by atoms with van der Waals surface area (Å²) in [7, 11) is 0. The minimum atomic E-state index is -0.600. The van der Waals surface area contributed by atoms with Gasteiger partial charge in [-0.1, -0.05) is 61.0 Å². The number of carbonyl (C=O) groups is 2. The van der Waals surface area contributed by atoms with Crippen LogP contribution in [-0.4, -0.2) is 34.9 Å². The zero-order valence-corrected chi connectivity index (χ0v) is 18.2. The number of nitrogens with zero attached hydrogens (tertiary/aromatic N) is 1. The largest absolute Gasteiger partial charge is 0.482 e. The Morgan fingerprint density at radius 1 is 1.07 bits per heavy atom. The van der Waals surface area contributed by atoms with Gasteiger partial charge in [-0.2, -0.15) is 0 Å². The first kappa shape index (κ1) is 22.8. The molecule has 0 aliphatic heterocycles. The quantitative estimate of drug-likeness (QED) is 0.692. The monoisotopic (exact) mass is 416 g/mol. The second kappa shape index (κ2) is 10.3. The van der Waals surface area contributed by atoms with Gasteiger partial charge in [0.2, 0.25) is 5.91 Å². The van der Waals surface area contributed by atoms with Gasteiger partial charge < -0.3 is 15.0 Å². The summed E-state index contributed by atoms with van der Waals surface area (Å²) in [6.07, 6.45) is 0.493. The van der Waals surface area contributed by atoms with E-state index in [9.17, 15) is 9.59 Å². The van der Waals surface area contributed by atoms with E-state index in [4.69, 9.17) is 16.3 Å². The van der Waals surface area contributed by atoms with Crippen LogP contribution < -0.4 is 10.1 Å². The molecule has 0 heterocycles. The predicted molar refractivity (Wildman–Crippen MR) is 116 cm³/mol. The van der Waals surface area contributed by atoms with Gasteiger partial charge in [-0.25, -0.2) is 0 Å². The topological polar surface area (TPSA) is 58.6 Å². The summed E-state index contributed by atoms with van der Waals surface area (Å²) < 4.78 is 5.64. The molecule has 2 rings (SSSR count). The molecule has 0 unspecified atom stereocenters. The van der Waals surface area contributed by atoms with E-state index in [0.717, 1.165) is 5.56 Å². The Bertz CT molecular complexity index is 818. The Morgan fingerprint density at radius 3 is 2.28 bits per heavy atom. The van der Waals surface area contributed by atoms with Crippen LogP contribution in [0, 0.1) is 0 Å². The summed E-state index contributed by atoms with van der Waals surface area (Å²) in [5.41, 5.74) is 0.556. The molecular formula is C23H29ClN2O3. The van der Waals surface area contributed by atoms with Gasteiger partial charge in [-0.15, -0.1) is 0 Å². The van der Waals surface area contributed by atoms with Crippen molar-refractivity contribution in [2.45, 2.75) is 52.2 Å². The maximum atomic E-state index is 13.1. The summed E-state index contributed by atoms with van der Waals surface area (Å²) in [4.78, 5) is 27.5. The zero-order valence-electron chi connectivity index (χ0n) is 17.4. The molecule has 0 aliphatic rings. The average molecular weight is 417 g/mol. The normalized spacial score (nSPS) is 12.2. The summed E-state index contributed by atoms with van der Waals surface area (Å²) in [6.45, 7) is 7.77. The number of hydrogen-bond acceptors (Lipinski definition) is 3. The zero-order chi connectivity index (χ0) is 21.4. The molecule has 2 amide bonds. The van der Waals surface area contributed by atoms with Crippen LogP contribution in [0.1, 0.15) is 39.7 Å². The van der Waals surface area contributed by atoms with Crippen molar-refractivity contribution in [3.8, 4) is 5.75 Å². The van der Waals surface area contributed by atoms with Crippen molar-refractivity contribution in [1.29, 1.82) is 0 Å². The minimum Gasteiger partial charge on any atom is -0.482 e. The van der Waals surface area contributed by atoms with E-state index in [1.54, 1.807) is 29.2 Å². The van der Waals surface area contributed by atoms with Gasteiger partial charge in [0.15, 0.2) is 6.61 Å². The molecule has 6 heteroatoms. The maximum Gasteiger partial charge on any atom is 0.261 e. The highest BCUT2D eigenvalue weighted by atomic mass is 35.5. The minimum absolute atomic E-state index is 0.179. The lowest BCUT2D eigenvalue weighted by Gasteiger charge is -2.33. The van der Waals surface area contributed by atoms with Gasteiger partial charge in [0.1, 0.15) is 11.8 Å². The highest BCUT2D eigenvalue weighted by Crippen LogP contribution is 2.23. The van der Waals surface area contributed by atoms with Gasteiger partial charge in [-0.05, 0) is 44.9 Å². The first-order chi connectivity index (χ1) is 13.7. The van der Waals surface area contributed by atoms with E-state index >= 15 is 0 Å².